The van der Waals surface area contributed by atoms with Gasteiger partial charge in [-0.25, -0.2) is 4.39 Å². The van der Waals surface area contributed by atoms with Crippen LogP contribution in [0.1, 0.15) is 33.3 Å². The van der Waals surface area contributed by atoms with Gasteiger partial charge < -0.3 is 19.3 Å². The molecule has 6 nitrogen and oxygen atoms in total. The molecule has 0 spiro atoms. The molecule has 1 unspecified atom stereocenters. The first-order valence-corrected chi connectivity index (χ1v) is 12.5. The zero-order valence-corrected chi connectivity index (χ0v) is 20.5. The molecule has 8 heteroatoms. The summed E-state index contributed by atoms with van der Waals surface area (Å²) in [5.74, 6) is -0.557. The maximum Gasteiger partial charge on any atom is 0.257 e. The van der Waals surface area contributed by atoms with Crippen LogP contribution in [-0.2, 0) is 16.0 Å². The molecule has 0 fully saturated rings. The van der Waals surface area contributed by atoms with Crippen LogP contribution in [0.5, 0.6) is 5.75 Å². The molecule has 0 radical (unpaired) electrons. The average Bonchev–Trinajstić information content (AvgIpc) is 3.36. The van der Waals surface area contributed by atoms with Gasteiger partial charge in [0, 0.05) is 31.7 Å². The molecular formula is C27H29FN2O4S. The van der Waals surface area contributed by atoms with Crippen molar-refractivity contribution in [1.29, 1.82) is 0 Å². The standard InChI is InChI=1S/C27H29FN2O4S/c1-33-16-7-14-29(27(32)21-10-5-6-11-23(21)28)18-26(31)30-15-12-25-22(13-17-35-25)24(30)19-34-20-8-3-2-4-9-20/h2-6,8-11,13,17,24H,7,12,14-16,18-19H2,1H3. The summed E-state index contributed by atoms with van der Waals surface area (Å²) in [6, 6.07) is 17.1. The molecule has 4 rings (SSSR count). The van der Waals surface area contributed by atoms with Crippen molar-refractivity contribution in [3.63, 3.8) is 0 Å². The van der Waals surface area contributed by atoms with Gasteiger partial charge in [0.25, 0.3) is 5.91 Å². The van der Waals surface area contributed by atoms with Crippen molar-refractivity contribution in [3.05, 3.63) is 87.9 Å². The number of fused-ring (bicyclic) bond motifs is 1. The predicted molar refractivity (Wildman–Crippen MR) is 133 cm³/mol. The number of methoxy groups -OCH3 is 1. The Morgan fingerprint density at radius 2 is 1.89 bits per heavy atom. The molecule has 184 valence electrons. The Balaban J connectivity index is 1.53. The van der Waals surface area contributed by atoms with Gasteiger partial charge in [0.2, 0.25) is 5.91 Å². The smallest absolute Gasteiger partial charge is 0.257 e. The second-order valence-electron chi connectivity index (χ2n) is 8.33. The number of thiophene rings is 1. The van der Waals surface area contributed by atoms with E-state index in [1.165, 1.54) is 28.0 Å². The van der Waals surface area contributed by atoms with E-state index in [-0.39, 0.29) is 30.6 Å². The van der Waals surface area contributed by atoms with Crippen LogP contribution in [0.3, 0.4) is 0 Å². The molecule has 1 aliphatic rings. The van der Waals surface area contributed by atoms with E-state index in [1.54, 1.807) is 29.4 Å². The molecule has 1 aromatic heterocycles. The van der Waals surface area contributed by atoms with E-state index in [9.17, 15) is 14.0 Å². The summed E-state index contributed by atoms with van der Waals surface area (Å²) < 4.78 is 25.5. The zero-order valence-electron chi connectivity index (χ0n) is 19.7. The number of benzene rings is 2. The second-order valence-corrected chi connectivity index (χ2v) is 9.33. The maximum absolute atomic E-state index is 14.4. The summed E-state index contributed by atoms with van der Waals surface area (Å²) >= 11 is 1.68. The van der Waals surface area contributed by atoms with Gasteiger partial charge in [-0.05, 0) is 54.1 Å². The number of halogens is 1. The zero-order chi connectivity index (χ0) is 24.6. The highest BCUT2D eigenvalue weighted by Gasteiger charge is 2.33. The average molecular weight is 497 g/mol. The summed E-state index contributed by atoms with van der Waals surface area (Å²) in [5.41, 5.74) is 1.04. The summed E-state index contributed by atoms with van der Waals surface area (Å²) in [6.45, 7) is 1.43. The van der Waals surface area contributed by atoms with Crippen LogP contribution in [0.4, 0.5) is 4.39 Å². The maximum atomic E-state index is 14.4. The van der Waals surface area contributed by atoms with Crippen LogP contribution >= 0.6 is 11.3 Å². The van der Waals surface area contributed by atoms with Gasteiger partial charge >= 0.3 is 0 Å². The first-order chi connectivity index (χ1) is 17.1. The summed E-state index contributed by atoms with van der Waals surface area (Å²) in [4.78, 5) is 31.2. The van der Waals surface area contributed by atoms with E-state index in [1.807, 2.05) is 41.8 Å². The molecule has 2 amide bonds. The number of carbonyl (C=O) groups excluding carboxylic acids is 2. The van der Waals surface area contributed by atoms with Gasteiger partial charge in [0.15, 0.2) is 0 Å². The van der Waals surface area contributed by atoms with Gasteiger partial charge in [0.1, 0.15) is 24.7 Å². The molecule has 35 heavy (non-hydrogen) atoms. The molecule has 0 saturated heterocycles. The lowest BCUT2D eigenvalue weighted by Crippen LogP contribution is -2.48. The monoisotopic (exact) mass is 496 g/mol. The molecule has 2 heterocycles. The third-order valence-electron chi connectivity index (χ3n) is 6.06. The Hall–Kier alpha value is -3.23. The normalized spacial score (nSPS) is 14.9. The van der Waals surface area contributed by atoms with Gasteiger partial charge in [-0.2, -0.15) is 0 Å². The van der Waals surface area contributed by atoms with Crippen LogP contribution in [0.25, 0.3) is 0 Å². The number of nitrogens with zero attached hydrogens (tertiary/aromatic N) is 2. The van der Waals surface area contributed by atoms with E-state index < -0.39 is 11.7 Å². The van der Waals surface area contributed by atoms with Crippen LogP contribution in [0.2, 0.25) is 0 Å². The van der Waals surface area contributed by atoms with Crippen molar-refractivity contribution in [3.8, 4) is 5.75 Å². The van der Waals surface area contributed by atoms with Crippen molar-refractivity contribution in [1.82, 2.24) is 9.80 Å². The van der Waals surface area contributed by atoms with E-state index >= 15 is 0 Å². The number of hydrogen-bond acceptors (Lipinski definition) is 5. The Bertz CT molecular complexity index is 1140. The molecule has 1 atom stereocenters. The molecule has 0 aliphatic carbocycles. The van der Waals surface area contributed by atoms with Gasteiger partial charge in [0.05, 0.1) is 11.6 Å². The van der Waals surface area contributed by atoms with Gasteiger partial charge in [-0.15, -0.1) is 11.3 Å². The minimum absolute atomic E-state index is 0.0413. The largest absolute Gasteiger partial charge is 0.491 e. The molecule has 0 bridgehead atoms. The number of para-hydroxylation sites is 1. The SMILES string of the molecule is COCCCN(CC(=O)N1CCc2sccc2C1COc1ccccc1)C(=O)c1ccccc1F. The topological polar surface area (TPSA) is 59.1 Å². The van der Waals surface area contributed by atoms with Gasteiger partial charge in [-0.3, -0.25) is 9.59 Å². The Morgan fingerprint density at radius 1 is 1.11 bits per heavy atom. The van der Waals surface area contributed by atoms with Crippen molar-refractivity contribution in [2.75, 3.05) is 40.0 Å². The molecule has 3 aromatic rings. The van der Waals surface area contributed by atoms with Crippen LogP contribution < -0.4 is 4.74 Å². The predicted octanol–water partition coefficient (Wildman–Crippen LogP) is 4.57. The number of rotatable bonds is 10. The third kappa shape index (κ3) is 6.07. The number of hydrogen-bond donors (Lipinski definition) is 0. The first kappa shape index (κ1) is 24.9. The number of amides is 2. The second kappa shape index (κ2) is 12.0. The highest BCUT2D eigenvalue weighted by molar-refractivity contribution is 7.10. The molecular weight excluding hydrogens is 467 g/mol. The van der Waals surface area contributed by atoms with Crippen LogP contribution in [-0.4, -0.2) is 61.6 Å². The first-order valence-electron chi connectivity index (χ1n) is 11.6. The number of carbonyl (C=O) groups is 2. The minimum atomic E-state index is -0.600. The fraction of sp³-hybridized carbons (Fsp3) is 0.333. The van der Waals surface area contributed by atoms with E-state index in [4.69, 9.17) is 9.47 Å². The quantitative estimate of drug-likeness (QED) is 0.386. The van der Waals surface area contributed by atoms with Crippen molar-refractivity contribution < 1.29 is 23.5 Å². The summed E-state index contributed by atoms with van der Waals surface area (Å²) in [7, 11) is 1.58. The van der Waals surface area contributed by atoms with Gasteiger partial charge in [-0.1, -0.05) is 30.3 Å². The molecule has 2 aromatic carbocycles. The fourth-order valence-corrected chi connectivity index (χ4v) is 5.21. The van der Waals surface area contributed by atoms with E-state index in [0.29, 0.717) is 26.2 Å². The van der Waals surface area contributed by atoms with Crippen molar-refractivity contribution in [2.45, 2.75) is 18.9 Å². The van der Waals surface area contributed by atoms with Crippen molar-refractivity contribution >= 4 is 23.2 Å². The van der Waals surface area contributed by atoms with Crippen LogP contribution in [0.15, 0.2) is 66.0 Å². The Labute approximate surface area is 208 Å². The lowest BCUT2D eigenvalue weighted by Gasteiger charge is -2.37. The molecule has 1 aliphatic heterocycles. The van der Waals surface area contributed by atoms with E-state index in [0.717, 1.165) is 17.7 Å². The summed E-state index contributed by atoms with van der Waals surface area (Å²) in [5, 5.41) is 2.03. The Kier molecular flexibility index (Phi) is 8.50. The Morgan fingerprint density at radius 3 is 2.66 bits per heavy atom. The highest BCUT2D eigenvalue weighted by Crippen LogP contribution is 2.34. The summed E-state index contributed by atoms with van der Waals surface area (Å²) in [6.07, 6.45) is 1.30. The minimum Gasteiger partial charge on any atom is -0.491 e. The lowest BCUT2D eigenvalue weighted by molar-refractivity contribution is -0.135. The lowest BCUT2D eigenvalue weighted by atomic mass is 10.0. The fourth-order valence-electron chi connectivity index (χ4n) is 4.28. The van der Waals surface area contributed by atoms with Crippen LogP contribution in [0, 0.1) is 5.82 Å². The molecule has 0 saturated carbocycles. The van der Waals surface area contributed by atoms with Crippen molar-refractivity contribution in [2.24, 2.45) is 0 Å². The molecule has 0 N–H and O–H groups in total. The third-order valence-corrected chi connectivity index (χ3v) is 7.06. The van der Waals surface area contributed by atoms with E-state index in [2.05, 4.69) is 0 Å². The number of ether oxygens (including phenoxy) is 2. The highest BCUT2D eigenvalue weighted by atomic mass is 32.1.